The number of hydrogen-bond donors (Lipinski definition) is 3. The molecule has 0 amide bonds. The van der Waals surface area contributed by atoms with Crippen LogP contribution in [0.3, 0.4) is 0 Å². The fourth-order valence-electron chi connectivity index (χ4n) is 1.39. The first-order valence-electron chi connectivity index (χ1n) is 4.71. The highest BCUT2D eigenvalue weighted by Gasteiger charge is 2.33. The van der Waals surface area contributed by atoms with Gasteiger partial charge in [-0.1, -0.05) is 0 Å². The van der Waals surface area contributed by atoms with Crippen molar-refractivity contribution in [2.75, 3.05) is 6.66 Å². The highest BCUT2D eigenvalue weighted by Crippen LogP contribution is 2.43. The van der Waals surface area contributed by atoms with E-state index in [1.807, 2.05) is 0 Å². The van der Waals surface area contributed by atoms with Gasteiger partial charge in [0.15, 0.2) is 6.49 Å². The van der Waals surface area contributed by atoms with Crippen LogP contribution < -0.4 is 0 Å². The lowest BCUT2D eigenvalue weighted by Gasteiger charge is -2.19. The van der Waals surface area contributed by atoms with Crippen LogP contribution in [-0.4, -0.2) is 47.4 Å². The molecule has 6 nitrogen and oxygen atoms in total. The first kappa shape index (κ1) is 15.5. The number of rotatable bonds is 4. The van der Waals surface area contributed by atoms with Crippen LogP contribution in [0.15, 0.2) is 11.9 Å². The fourth-order valence-corrected chi connectivity index (χ4v) is 2.85. The van der Waals surface area contributed by atoms with E-state index in [1.54, 1.807) is 0 Å². The summed E-state index contributed by atoms with van der Waals surface area (Å²) < 4.78 is 21.0. The maximum Gasteiger partial charge on any atom is 0.348 e. The van der Waals surface area contributed by atoms with Crippen LogP contribution in [0.25, 0.3) is 0 Å². The molecule has 1 unspecified atom stereocenters. The van der Waals surface area contributed by atoms with Crippen LogP contribution >= 0.6 is 14.1 Å². The summed E-state index contributed by atoms with van der Waals surface area (Å²) in [6.45, 7) is -1.44. The zero-order valence-corrected chi connectivity index (χ0v) is 11.6. The third kappa shape index (κ3) is 6.27. The molecule has 96 valence electrons. The van der Waals surface area contributed by atoms with Gasteiger partial charge >= 0.3 is 7.60 Å². The Bertz CT molecular complexity index is 390. The van der Waals surface area contributed by atoms with Crippen molar-refractivity contribution in [3.63, 3.8) is 0 Å². The average Bonchev–Trinajstić information content (AvgIpc) is 2.40. The van der Waals surface area contributed by atoms with Gasteiger partial charge in [-0.05, 0) is 17.9 Å². The lowest BCUT2D eigenvalue weighted by molar-refractivity contribution is 0.0868. The van der Waals surface area contributed by atoms with Crippen molar-refractivity contribution in [2.24, 2.45) is 0 Å². The normalized spacial score (nSPS) is 34.0. The summed E-state index contributed by atoms with van der Waals surface area (Å²) in [5.74, 6) is 0.758. The molecule has 0 aliphatic carbocycles. The number of ether oxygens (including phenoxy) is 1. The Labute approximate surface area is 106 Å². The van der Waals surface area contributed by atoms with Gasteiger partial charge in [0.1, 0.15) is 7.85 Å². The van der Waals surface area contributed by atoms with Gasteiger partial charge in [-0.2, -0.15) is 0 Å². The molecule has 17 heavy (non-hydrogen) atoms. The van der Waals surface area contributed by atoms with Crippen molar-refractivity contribution in [1.82, 2.24) is 0 Å². The quantitative estimate of drug-likeness (QED) is 0.506. The minimum atomic E-state index is -4.20. The average molecular weight is 298 g/mol. The minimum Gasteiger partial charge on any atom is -0.378 e. The van der Waals surface area contributed by atoms with Crippen molar-refractivity contribution in [3.05, 3.63) is 11.9 Å². The van der Waals surface area contributed by atoms with Crippen molar-refractivity contribution in [2.45, 2.75) is 24.6 Å². The molecular weight excluding hydrogens is 285 g/mol. The van der Waals surface area contributed by atoms with E-state index in [0.717, 1.165) is 5.82 Å². The molecule has 10 heteroatoms. The van der Waals surface area contributed by atoms with E-state index >= 15 is 0 Å². The molecule has 0 bridgehead atoms. The Morgan fingerprint density at radius 1 is 1.53 bits per heavy atom. The minimum absolute atomic E-state index is 0.296. The molecular formula is C7H13BO6P2S. The van der Waals surface area contributed by atoms with Crippen molar-refractivity contribution in [3.8, 4) is 0 Å². The maximum atomic E-state index is 10.6. The SMILES string of the molecule is [B][C@@H]1O[C@H](/C=C/P(=O)(O)O)C[C@H]1OP(C)(O)=S. The third-order valence-electron chi connectivity index (χ3n) is 1.99. The van der Waals surface area contributed by atoms with Crippen molar-refractivity contribution >= 4 is 33.7 Å². The molecule has 0 aromatic rings. The molecule has 1 aliphatic rings. The Kier molecular flexibility index (Phi) is 5.15. The third-order valence-corrected chi connectivity index (χ3v) is 3.47. The zero-order chi connectivity index (χ0) is 13.3. The second-order valence-corrected chi connectivity index (χ2v) is 9.08. The van der Waals surface area contributed by atoms with Gasteiger partial charge in [0, 0.05) is 24.9 Å². The predicted molar refractivity (Wildman–Crippen MR) is 67.5 cm³/mol. The molecule has 1 aliphatic heterocycles. The molecule has 4 atom stereocenters. The first-order valence-corrected chi connectivity index (χ1v) is 9.51. The lowest BCUT2D eigenvalue weighted by atomic mass is 9.94. The zero-order valence-electron chi connectivity index (χ0n) is 9.04. The predicted octanol–water partition coefficient (Wildman–Crippen LogP) is 0.278. The summed E-state index contributed by atoms with van der Waals surface area (Å²) >= 11 is 4.73. The van der Waals surface area contributed by atoms with E-state index < -0.39 is 32.3 Å². The topological polar surface area (TPSA) is 96.2 Å². The smallest absolute Gasteiger partial charge is 0.348 e. The summed E-state index contributed by atoms with van der Waals surface area (Å²) in [5.41, 5.74) is 0. The summed E-state index contributed by atoms with van der Waals surface area (Å²) in [6.07, 6.45) is 0.414. The fraction of sp³-hybridized carbons (Fsp3) is 0.714. The summed E-state index contributed by atoms with van der Waals surface area (Å²) in [4.78, 5) is 26.7. The van der Waals surface area contributed by atoms with Gasteiger partial charge in [0.2, 0.25) is 0 Å². The molecule has 3 N–H and O–H groups in total. The molecule has 1 saturated heterocycles. The summed E-state index contributed by atoms with van der Waals surface area (Å²) in [5, 5.41) is 0. The van der Waals surface area contributed by atoms with Crippen LogP contribution in [-0.2, 0) is 25.6 Å². The molecule has 1 heterocycles. The van der Waals surface area contributed by atoms with Crippen LogP contribution in [0, 0.1) is 0 Å². The maximum absolute atomic E-state index is 10.6. The lowest BCUT2D eigenvalue weighted by Crippen LogP contribution is -2.23. The van der Waals surface area contributed by atoms with Gasteiger partial charge in [0.05, 0.1) is 12.2 Å². The molecule has 0 saturated carbocycles. The van der Waals surface area contributed by atoms with E-state index in [2.05, 4.69) is 0 Å². The van der Waals surface area contributed by atoms with Gasteiger partial charge in [-0.3, -0.25) is 4.57 Å². The summed E-state index contributed by atoms with van der Waals surface area (Å²) in [7, 11) is 1.40. The van der Waals surface area contributed by atoms with E-state index in [4.69, 9.17) is 38.7 Å². The molecule has 0 aromatic heterocycles. The van der Waals surface area contributed by atoms with E-state index in [1.165, 1.54) is 12.7 Å². The Morgan fingerprint density at radius 2 is 2.12 bits per heavy atom. The van der Waals surface area contributed by atoms with Crippen molar-refractivity contribution < 1.29 is 28.5 Å². The molecule has 0 spiro atoms. The highest BCUT2D eigenvalue weighted by molar-refractivity contribution is 8.09. The van der Waals surface area contributed by atoms with Gasteiger partial charge in [-0.25, -0.2) is 0 Å². The van der Waals surface area contributed by atoms with Gasteiger partial charge in [-0.15, -0.1) is 0 Å². The van der Waals surface area contributed by atoms with Crippen LogP contribution in [0.2, 0.25) is 0 Å². The van der Waals surface area contributed by atoms with E-state index in [0.29, 0.717) is 6.42 Å². The van der Waals surface area contributed by atoms with Crippen molar-refractivity contribution in [1.29, 1.82) is 0 Å². The second-order valence-electron chi connectivity index (χ2n) is 3.75. The second kappa shape index (κ2) is 5.64. The standard InChI is InChI=1S/C7H13BO6P2S/c1-15(9,17)14-6-4-5(13-7(6)8)2-3-16(10,11)12/h2-3,5-7H,4H2,1H3,(H,9,17)(H2,10,11,12)/b3-2+/t5-,6-,7-,15?/m1/s1. The highest BCUT2D eigenvalue weighted by atomic mass is 32.5. The first-order chi connectivity index (χ1) is 7.57. The van der Waals surface area contributed by atoms with Gasteiger partial charge < -0.3 is 23.9 Å². The Morgan fingerprint density at radius 3 is 2.59 bits per heavy atom. The van der Waals surface area contributed by atoms with Crippen LogP contribution in [0.5, 0.6) is 0 Å². The van der Waals surface area contributed by atoms with E-state index in [-0.39, 0.29) is 0 Å². The molecule has 0 aromatic carbocycles. The van der Waals surface area contributed by atoms with Gasteiger partial charge in [0.25, 0.3) is 0 Å². The molecule has 1 rings (SSSR count). The van der Waals surface area contributed by atoms with Crippen LogP contribution in [0.1, 0.15) is 6.42 Å². The monoisotopic (exact) mass is 298 g/mol. The van der Waals surface area contributed by atoms with E-state index in [9.17, 15) is 9.46 Å². The van der Waals surface area contributed by atoms with Crippen LogP contribution in [0.4, 0.5) is 0 Å². The number of hydrogen-bond acceptors (Lipinski definition) is 4. The largest absolute Gasteiger partial charge is 0.378 e. The summed E-state index contributed by atoms with van der Waals surface area (Å²) in [6, 6.07) is -0.768. The Balaban J connectivity index is 2.58. The molecule has 1 fully saturated rings. The Hall–Kier alpha value is 0.485. The molecule has 2 radical (unpaired) electrons.